The Bertz CT molecular complexity index is 580. The Morgan fingerprint density at radius 3 is 2.65 bits per heavy atom. The lowest BCUT2D eigenvalue weighted by Crippen LogP contribution is -2.50. The normalized spacial score (nSPS) is 21.9. The van der Waals surface area contributed by atoms with Crippen LogP contribution in [0, 0.1) is 0 Å². The van der Waals surface area contributed by atoms with Crippen molar-refractivity contribution in [3.63, 3.8) is 0 Å². The fourth-order valence-corrected chi connectivity index (χ4v) is 5.00. The molecule has 146 valence electrons. The van der Waals surface area contributed by atoms with E-state index in [0.29, 0.717) is 16.9 Å². The van der Waals surface area contributed by atoms with E-state index in [9.17, 15) is 5.11 Å². The van der Waals surface area contributed by atoms with Crippen molar-refractivity contribution in [2.24, 2.45) is 4.99 Å². The largest absolute Gasteiger partial charge is 0.386 e. The van der Waals surface area contributed by atoms with Gasteiger partial charge in [-0.2, -0.15) is 0 Å². The van der Waals surface area contributed by atoms with E-state index in [1.165, 1.54) is 50.1 Å². The van der Waals surface area contributed by atoms with Gasteiger partial charge in [-0.3, -0.25) is 4.99 Å². The third-order valence-corrected chi connectivity index (χ3v) is 6.73. The van der Waals surface area contributed by atoms with Crippen molar-refractivity contribution < 1.29 is 5.11 Å². The molecule has 1 saturated carbocycles. The van der Waals surface area contributed by atoms with Crippen LogP contribution in [0.5, 0.6) is 0 Å². The maximum Gasteiger partial charge on any atom is 0.191 e. The quantitative estimate of drug-likeness (QED) is 0.507. The fraction of sp³-hybridized carbons (Fsp3) is 0.737. The van der Waals surface area contributed by atoms with Gasteiger partial charge in [0.2, 0.25) is 0 Å². The number of nitrogens with zero attached hydrogens (tertiary/aromatic N) is 2. The Balaban J connectivity index is 1.48. The molecule has 2 fully saturated rings. The van der Waals surface area contributed by atoms with Crippen molar-refractivity contribution in [3.05, 3.63) is 21.3 Å². The Hall–Kier alpha value is -0.820. The first-order valence-corrected chi connectivity index (χ1v) is 11.1. The van der Waals surface area contributed by atoms with Crippen molar-refractivity contribution >= 4 is 28.9 Å². The van der Waals surface area contributed by atoms with Gasteiger partial charge < -0.3 is 20.6 Å². The number of aliphatic hydroxyl groups excluding tert-OH is 1. The number of halogens is 1. The number of aliphatic hydroxyl groups is 1. The van der Waals surface area contributed by atoms with E-state index in [-0.39, 0.29) is 0 Å². The molecular formula is C19H31ClN4OS. The molecule has 0 amide bonds. The number of aliphatic imine (C=N–C) groups is 1. The Morgan fingerprint density at radius 2 is 2.04 bits per heavy atom. The summed E-state index contributed by atoms with van der Waals surface area (Å²) in [4.78, 5) is 8.12. The summed E-state index contributed by atoms with van der Waals surface area (Å²) in [5, 5.41) is 17.2. The minimum atomic E-state index is -0.604. The maximum atomic E-state index is 10.3. The van der Waals surface area contributed by atoms with Crippen LogP contribution in [0.4, 0.5) is 0 Å². The van der Waals surface area contributed by atoms with Crippen LogP contribution < -0.4 is 10.6 Å². The molecule has 3 N–H and O–H groups in total. The highest BCUT2D eigenvalue weighted by molar-refractivity contribution is 7.16. The lowest BCUT2D eigenvalue weighted by molar-refractivity contribution is 0.150. The zero-order valence-corrected chi connectivity index (χ0v) is 17.2. The van der Waals surface area contributed by atoms with E-state index in [4.69, 9.17) is 11.6 Å². The van der Waals surface area contributed by atoms with Gasteiger partial charge in [0, 0.05) is 36.6 Å². The number of rotatable bonds is 6. The van der Waals surface area contributed by atoms with Crippen molar-refractivity contribution in [2.75, 3.05) is 26.2 Å². The van der Waals surface area contributed by atoms with Crippen LogP contribution in [0.3, 0.4) is 0 Å². The van der Waals surface area contributed by atoms with Gasteiger partial charge in [0.15, 0.2) is 5.96 Å². The van der Waals surface area contributed by atoms with Crippen LogP contribution in [-0.4, -0.2) is 54.2 Å². The van der Waals surface area contributed by atoms with Gasteiger partial charge in [0.05, 0.1) is 10.9 Å². The number of hydrogen-bond donors (Lipinski definition) is 3. The molecule has 1 aliphatic carbocycles. The van der Waals surface area contributed by atoms with E-state index in [1.807, 2.05) is 12.1 Å². The summed E-state index contributed by atoms with van der Waals surface area (Å²) < 4.78 is 0.696. The van der Waals surface area contributed by atoms with Gasteiger partial charge in [-0.15, -0.1) is 11.3 Å². The van der Waals surface area contributed by atoms with E-state index in [2.05, 4.69) is 27.4 Å². The highest BCUT2D eigenvalue weighted by Gasteiger charge is 2.27. The van der Waals surface area contributed by atoms with E-state index in [0.717, 1.165) is 36.3 Å². The zero-order chi connectivity index (χ0) is 18.4. The molecule has 26 heavy (non-hydrogen) atoms. The summed E-state index contributed by atoms with van der Waals surface area (Å²) in [5.41, 5.74) is 0. The molecule has 5 nitrogen and oxygen atoms in total. The molecule has 1 atom stereocenters. The van der Waals surface area contributed by atoms with Crippen LogP contribution in [0.15, 0.2) is 17.1 Å². The van der Waals surface area contributed by atoms with Gasteiger partial charge in [0.25, 0.3) is 0 Å². The lowest BCUT2D eigenvalue weighted by atomic mass is 10.0. The number of nitrogens with one attached hydrogen (secondary N) is 2. The molecule has 0 spiro atoms. The average Bonchev–Trinajstić information content (AvgIpc) is 3.32. The zero-order valence-electron chi connectivity index (χ0n) is 15.6. The minimum absolute atomic E-state index is 0.340. The molecule has 0 aromatic carbocycles. The van der Waals surface area contributed by atoms with Crippen LogP contribution in [-0.2, 0) is 0 Å². The highest BCUT2D eigenvalue weighted by Crippen LogP contribution is 2.27. The molecule has 0 bridgehead atoms. The monoisotopic (exact) mass is 398 g/mol. The van der Waals surface area contributed by atoms with Gasteiger partial charge in [0.1, 0.15) is 6.10 Å². The number of piperidine rings is 1. The highest BCUT2D eigenvalue weighted by atomic mass is 35.5. The second-order valence-corrected chi connectivity index (χ2v) is 9.02. The molecule has 1 aliphatic heterocycles. The summed E-state index contributed by atoms with van der Waals surface area (Å²) in [6.45, 7) is 5.58. The third-order valence-electron chi connectivity index (χ3n) is 5.40. The van der Waals surface area contributed by atoms with Crippen LogP contribution in [0.1, 0.15) is 56.4 Å². The molecule has 7 heteroatoms. The Kier molecular flexibility index (Phi) is 7.61. The SMILES string of the molecule is CCNC(=NCC(O)c1ccc(Cl)s1)NC1CCN(C2CCCC2)CC1. The van der Waals surface area contributed by atoms with E-state index < -0.39 is 6.10 Å². The van der Waals surface area contributed by atoms with Crippen LogP contribution in [0.25, 0.3) is 0 Å². The van der Waals surface area contributed by atoms with Gasteiger partial charge in [-0.05, 0) is 44.7 Å². The molecule has 1 aromatic rings. The van der Waals surface area contributed by atoms with Crippen molar-refractivity contribution in [3.8, 4) is 0 Å². The van der Waals surface area contributed by atoms with Crippen molar-refractivity contribution in [1.82, 2.24) is 15.5 Å². The first-order valence-electron chi connectivity index (χ1n) is 9.88. The summed E-state index contributed by atoms with van der Waals surface area (Å²) in [5.74, 6) is 0.800. The van der Waals surface area contributed by atoms with Crippen LogP contribution >= 0.6 is 22.9 Å². The Morgan fingerprint density at radius 1 is 1.31 bits per heavy atom. The summed E-state index contributed by atoms with van der Waals surface area (Å²) >= 11 is 7.36. The van der Waals surface area contributed by atoms with Crippen LogP contribution in [0.2, 0.25) is 4.34 Å². The summed E-state index contributed by atoms with van der Waals surface area (Å²) in [6.07, 6.45) is 7.27. The standard InChI is InChI=1S/C19H31ClN4OS/c1-2-21-19(22-13-16(25)17-7-8-18(20)26-17)23-14-9-11-24(12-10-14)15-5-3-4-6-15/h7-8,14-16,25H,2-6,9-13H2,1H3,(H2,21,22,23). The number of thiophene rings is 1. The number of hydrogen-bond acceptors (Lipinski definition) is 4. The summed E-state index contributed by atoms with van der Waals surface area (Å²) in [6, 6.07) is 4.96. The molecule has 1 unspecified atom stereocenters. The number of guanidine groups is 1. The second-order valence-electron chi connectivity index (χ2n) is 7.27. The van der Waals surface area contributed by atoms with Gasteiger partial charge >= 0.3 is 0 Å². The van der Waals surface area contributed by atoms with Crippen molar-refractivity contribution in [1.29, 1.82) is 0 Å². The number of likely N-dealkylation sites (tertiary alicyclic amines) is 1. The minimum Gasteiger partial charge on any atom is -0.386 e. The predicted molar refractivity (Wildman–Crippen MR) is 110 cm³/mol. The van der Waals surface area contributed by atoms with E-state index in [1.54, 1.807) is 0 Å². The molecule has 1 saturated heterocycles. The molecule has 1 aromatic heterocycles. The molecular weight excluding hydrogens is 368 g/mol. The first-order chi connectivity index (χ1) is 12.7. The van der Waals surface area contributed by atoms with Gasteiger partial charge in [-0.1, -0.05) is 24.4 Å². The summed E-state index contributed by atoms with van der Waals surface area (Å²) in [7, 11) is 0. The predicted octanol–water partition coefficient (Wildman–Crippen LogP) is 3.40. The average molecular weight is 399 g/mol. The van der Waals surface area contributed by atoms with Crippen molar-refractivity contribution in [2.45, 2.75) is 63.6 Å². The first kappa shape index (κ1) is 19.9. The molecule has 2 aliphatic rings. The topological polar surface area (TPSA) is 59.9 Å². The van der Waals surface area contributed by atoms with E-state index >= 15 is 0 Å². The molecule has 2 heterocycles. The van der Waals surface area contributed by atoms with Gasteiger partial charge in [-0.25, -0.2) is 0 Å². The molecule has 3 rings (SSSR count). The Labute approximate surface area is 165 Å². The smallest absolute Gasteiger partial charge is 0.191 e. The second kappa shape index (κ2) is 9.93. The lowest BCUT2D eigenvalue weighted by Gasteiger charge is -2.36. The molecule has 0 radical (unpaired) electrons. The maximum absolute atomic E-state index is 10.3. The fourth-order valence-electron chi connectivity index (χ4n) is 3.97. The third kappa shape index (κ3) is 5.59.